The van der Waals surface area contributed by atoms with Crippen molar-refractivity contribution in [2.75, 3.05) is 0 Å². The maximum atomic E-state index is 13.7. The lowest BCUT2D eigenvalue weighted by Crippen LogP contribution is -2.05. The topological polar surface area (TPSA) is 20.2 Å². The van der Waals surface area contributed by atoms with Crippen LogP contribution in [0.25, 0.3) is 0 Å². The quantitative estimate of drug-likeness (QED) is 0.872. The third kappa shape index (κ3) is 2.67. The smallest absolute Gasteiger partial charge is 0.165 e. The number of aryl methyl sites for hydroxylation is 1. The number of halogens is 4. The molecule has 100 valence electrons. The summed E-state index contributed by atoms with van der Waals surface area (Å²) in [5, 5.41) is 10.0. The number of aliphatic hydroxyl groups is 1. The number of benzene rings is 2. The van der Waals surface area contributed by atoms with Crippen molar-refractivity contribution in [3.63, 3.8) is 0 Å². The van der Waals surface area contributed by atoms with Gasteiger partial charge in [-0.2, -0.15) is 0 Å². The Kier molecular flexibility index (Phi) is 3.96. The molecule has 0 bridgehead atoms. The lowest BCUT2D eigenvalue weighted by atomic mass is 9.99. The van der Waals surface area contributed by atoms with Crippen molar-refractivity contribution in [1.82, 2.24) is 0 Å². The Bertz CT molecular complexity index is 628. The van der Waals surface area contributed by atoms with E-state index >= 15 is 0 Å². The summed E-state index contributed by atoms with van der Waals surface area (Å²) in [6, 6.07) is 6.57. The third-order valence-electron chi connectivity index (χ3n) is 2.86. The molecule has 1 unspecified atom stereocenters. The van der Waals surface area contributed by atoms with Crippen molar-refractivity contribution in [2.45, 2.75) is 13.0 Å². The Hall–Kier alpha value is -1.33. The third-order valence-corrected chi connectivity index (χ3v) is 3.50. The van der Waals surface area contributed by atoms with Crippen molar-refractivity contribution >= 4 is 15.9 Å². The molecule has 0 spiro atoms. The van der Waals surface area contributed by atoms with E-state index < -0.39 is 23.6 Å². The minimum atomic E-state index is -1.42. The molecular formula is C14H10BrF3O. The van der Waals surface area contributed by atoms with Crippen LogP contribution < -0.4 is 0 Å². The minimum Gasteiger partial charge on any atom is -0.384 e. The van der Waals surface area contributed by atoms with E-state index in [1.54, 1.807) is 0 Å². The lowest BCUT2D eigenvalue weighted by molar-refractivity contribution is 0.212. The van der Waals surface area contributed by atoms with Crippen LogP contribution in [0.1, 0.15) is 22.8 Å². The van der Waals surface area contributed by atoms with Crippen LogP contribution in [0.4, 0.5) is 13.2 Å². The zero-order chi connectivity index (χ0) is 14.2. The maximum absolute atomic E-state index is 13.7. The number of aliphatic hydroxyl groups excluding tert-OH is 1. The summed E-state index contributed by atoms with van der Waals surface area (Å²) in [6.45, 7) is 1.42. The molecule has 0 heterocycles. The van der Waals surface area contributed by atoms with E-state index in [9.17, 15) is 18.3 Å². The first-order valence-electron chi connectivity index (χ1n) is 5.49. The molecule has 0 aliphatic heterocycles. The summed E-state index contributed by atoms with van der Waals surface area (Å²) in [7, 11) is 0. The van der Waals surface area contributed by atoms with E-state index in [-0.39, 0.29) is 21.2 Å². The summed E-state index contributed by atoms with van der Waals surface area (Å²) in [5.41, 5.74) is 0.0862. The summed E-state index contributed by atoms with van der Waals surface area (Å²) in [5.74, 6) is -2.70. The summed E-state index contributed by atoms with van der Waals surface area (Å²) in [4.78, 5) is 0. The van der Waals surface area contributed by atoms with Gasteiger partial charge in [-0.1, -0.05) is 18.2 Å². The van der Waals surface area contributed by atoms with Crippen molar-refractivity contribution in [2.24, 2.45) is 0 Å². The first kappa shape index (κ1) is 14.1. The summed E-state index contributed by atoms with van der Waals surface area (Å²) < 4.78 is 40.8. The van der Waals surface area contributed by atoms with Gasteiger partial charge in [-0.3, -0.25) is 0 Å². The van der Waals surface area contributed by atoms with Gasteiger partial charge in [0.2, 0.25) is 0 Å². The highest BCUT2D eigenvalue weighted by Gasteiger charge is 2.19. The molecule has 0 aliphatic carbocycles. The summed E-state index contributed by atoms with van der Waals surface area (Å²) in [6.07, 6.45) is -1.42. The molecule has 0 fully saturated rings. The van der Waals surface area contributed by atoms with Crippen LogP contribution in [-0.2, 0) is 0 Å². The molecule has 0 saturated carbocycles. The zero-order valence-electron chi connectivity index (χ0n) is 9.92. The first-order chi connectivity index (χ1) is 8.91. The molecule has 0 amide bonds. The molecule has 2 rings (SSSR count). The fourth-order valence-corrected chi connectivity index (χ4v) is 1.98. The SMILES string of the molecule is Cc1ccc(C(O)c2ccc(Br)c(F)c2)c(F)c1F. The second-order valence-electron chi connectivity index (χ2n) is 4.18. The van der Waals surface area contributed by atoms with Crippen LogP contribution in [0.2, 0.25) is 0 Å². The molecule has 5 heteroatoms. The molecule has 0 radical (unpaired) electrons. The Morgan fingerprint density at radius 1 is 1.05 bits per heavy atom. The lowest BCUT2D eigenvalue weighted by Gasteiger charge is -2.14. The Morgan fingerprint density at radius 2 is 1.74 bits per heavy atom. The van der Waals surface area contributed by atoms with Gasteiger partial charge in [0.1, 0.15) is 11.9 Å². The van der Waals surface area contributed by atoms with Crippen LogP contribution in [0.5, 0.6) is 0 Å². The van der Waals surface area contributed by atoms with Gasteiger partial charge in [-0.05, 0) is 46.1 Å². The van der Waals surface area contributed by atoms with E-state index in [1.807, 2.05) is 0 Å². The van der Waals surface area contributed by atoms with Gasteiger partial charge in [0.15, 0.2) is 11.6 Å². The largest absolute Gasteiger partial charge is 0.384 e. The minimum absolute atomic E-state index is 0.149. The van der Waals surface area contributed by atoms with E-state index in [1.165, 1.54) is 31.2 Å². The molecule has 1 nitrogen and oxygen atoms in total. The van der Waals surface area contributed by atoms with Gasteiger partial charge in [-0.15, -0.1) is 0 Å². The highest BCUT2D eigenvalue weighted by atomic mass is 79.9. The van der Waals surface area contributed by atoms with Gasteiger partial charge < -0.3 is 5.11 Å². The fourth-order valence-electron chi connectivity index (χ4n) is 1.73. The van der Waals surface area contributed by atoms with Gasteiger partial charge in [0, 0.05) is 5.56 Å². The predicted molar refractivity (Wildman–Crippen MR) is 69.3 cm³/mol. The highest BCUT2D eigenvalue weighted by molar-refractivity contribution is 9.10. The second kappa shape index (κ2) is 5.35. The van der Waals surface area contributed by atoms with Crippen LogP contribution in [0, 0.1) is 24.4 Å². The van der Waals surface area contributed by atoms with Crippen molar-refractivity contribution < 1.29 is 18.3 Å². The fraction of sp³-hybridized carbons (Fsp3) is 0.143. The zero-order valence-corrected chi connectivity index (χ0v) is 11.5. The molecule has 0 saturated heterocycles. The normalized spacial score (nSPS) is 12.5. The van der Waals surface area contributed by atoms with Crippen LogP contribution in [0.15, 0.2) is 34.8 Å². The maximum Gasteiger partial charge on any atom is 0.165 e. The molecular weight excluding hydrogens is 321 g/mol. The van der Waals surface area contributed by atoms with Gasteiger partial charge >= 0.3 is 0 Å². The average Bonchev–Trinajstić information content (AvgIpc) is 2.39. The number of hydrogen-bond acceptors (Lipinski definition) is 1. The molecule has 0 aliphatic rings. The molecule has 2 aromatic carbocycles. The molecule has 2 aromatic rings. The van der Waals surface area contributed by atoms with Crippen LogP contribution in [0.3, 0.4) is 0 Å². The predicted octanol–water partition coefficient (Wildman–Crippen LogP) is 4.26. The molecule has 1 atom stereocenters. The standard InChI is InChI=1S/C14H10BrF3O/c1-7-2-4-9(13(18)12(7)17)14(19)8-3-5-10(15)11(16)6-8/h2-6,14,19H,1H3. The summed E-state index contributed by atoms with van der Waals surface area (Å²) >= 11 is 2.98. The van der Waals surface area contributed by atoms with Crippen LogP contribution in [-0.4, -0.2) is 5.11 Å². The van der Waals surface area contributed by atoms with Crippen molar-refractivity contribution in [3.8, 4) is 0 Å². The van der Waals surface area contributed by atoms with Crippen molar-refractivity contribution in [1.29, 1.82) is 0 Å². The Morgan fingerprint density at radius 3 is 2.37 bits per heavy atom. The number of rotatable bonds is 2. The van der Waals surface area contributed by atoms with E-state index in [4.69, 9.17) is 0 Å². The van der Waals surface area contributed by atoms with E-state index in [0.717, 1.165) is 6.07 Å². The molecule has 0 aromatic heterocycles. The van der Waals surface area contributed by atoms with Gasteiger partial charge in [0.25, 0.3) is 0 Å². The monoisotopic (exact) mass is 330 g/mol. The van der Waals surface area contributed by atoms with Gasteiger partial charge in [-0.25, -0.2) is 13.2 Å². The highest BCUT2D eigenvalue weighted by Crippen LogP contribution is 2.28. The Labute approximate surface area is 116 Å². The van der Waals surface area contributed by atoms with Crippen LogP contribution >= 0.6 is 15.9 Å². The first-order valence-corrected chi connectivity index (χ1v) is 6.28. The Balaban J connectivity index is 2.47. The molecule has 19 heavy (non-hydrogen) atoms. The van der Waals surface area contributed by atoms with Crippen molar-refractivity contribution in [3.05, 3.63) is 68.9 Å². The van der Waals surface area contributed by atoms with E-state index in [0.29, 0.717) is 0 Å². The molecule has 1 N–H and O–H groups in total. The second-order valence-corrected chi connectivity index (χ2v) is 5.03. The average molecular weight is 331 g/mol. The number of hydrogen-bond donors (Lipinski definition) is 1. The van der Waals surface area contributed by atoms with E-state index in [2.05, 4.69) is 15.9 Å². The van der Waals surface area contributed by atoms with Gasteiger partial charge in [0.05, 0.1) is 4.47 Å².